The van der Waals surface area contributed by atoms with Gasteiger partial charge in [0.25, 0.3) is 0 Å². The number of aliphatic imine (C=N–C) groups is 1. The minimum atomic E-state index is 0.139. The number of aromatic nitrogens is 2. The van der Waals surface area contributed by atoms with Crippen LogP contribution in [0.2, 0.25) is 0 Å². The predicted octanol–water partition coefficient (Wildman–Crippen LogP) is 1.25. The summed E-state index contributed by atoms with van der Waals surface area (Å²) in [6, 6.07) is 8.34. The molecule has 20 heavy (non-hydrogen) atoms. The van der Waals surface area contributed by atoms with Crippen molar-refractivity contribution < 1.29 is 0 Å². The van der Waals surface area contributed by atoms with Crippen LogP contribution in [0.15, 0.2) is 47.8 Å². The summed E-state index contributed by atoms with van der Waals surface area (Å²) >= 11 is 0. The van der Waals surface area contributed by atoms with Gasteiger partial charge in [-0.05, 0) is 23.8 Å². The molecular formula is C15H19N5. The van der Waals surface area contributed by atoms with Gasteiger partial charge in [0.15, 0.2) is 0 Å². The quantitative estimate of drug-likeness (QED) is 0.882. The maximum atomic E-state index is 4.63. The van der Waals surface area contributed by atoms with Gasteiger partial charge >= 0.3 is 0 Å². The van der Waals surface area contributed by atoms with Gasteiger partial charge in [-0.2, -0.15) is 0 Å². The molecule has 0 radical (unpaired) electrons. The third-order valence-electron chi connectivity index (χ3n) is 3.49. The molecule has 0 spiro atoms. The molecule has 5 heteroatoms. The van der Waals surface area contributed by atoms with Crippen molar-refractivity contribution in [1.29, 1.82) is 0 Å². The summed E-state index contributed by atoms with van der Waals surface area (Å²) in [5, 5.41) is 6.96. The molecule has 1 unspecified atom stereocenters. The number of rotatable bonds is 3. The van der Waals surface area contributed by atoms with Crippen molar-refractivity contribution in [2.75, 3.05) is 13.1 Å². The first-order chi connectivity index (χ1) is 9.84. The van der Waals surface area contributed by atoms with Crippen LogP contribution >= 0.6 is 0 Å². The Kier molecular flexibility index (Phi) is 3.78. The highest BCUT2D eigenvalue weighted by atomic mass is 15.1. The van der Waals surface area contributed by atoms with Crippen LogP contribution in [0.5, 0.6) is 0 Å². The Morgan fingerprint density at radius 3 is 3.10 bits per heavy atom. The van der Waals surface area contributed by atoms with E-state index in [-0.39, 0.29) is 6.04 Å². The molecule has 1 aliphatic rings. The molecule has 1 aliphatic heterocycles. The van der Waals surface area contributed by atoms with E-state index >= 15 is 0 Å². The van der Waals surface area contributed by atoms with Gasteiger partial charge in [0.05, 0.1) is 6.54 Å². The zero-order chi connectivity index (χ0) is 13.8. The number of pyridine rings is 1. The van der Waals surface area contributed by atoms with E-state index in [4.69, 9.17) is 0 Å². The first-order valence-electron chi connectivity index (χ1n) is 6.86. The smallest absolute Gasteiger partial charge is 0.120 e. The minimum Gasteiger partial charge on any atom is -0.368 e. The lowest BCUT2D eigenvalue weighted by molar-refractivity contribution is 0.573. The van der Waals surface area contributed by atoms with E-state index in [0.29, 0.717) is 0 Å². The minimum absolute atomic E-state index is 0.139. The molecular weight excluding hydrogens is 250 g/mol. The molecule has 0 aliphatic carbocycles. The van der Waals surface area contributed by atoms with Crippen LogP contribution in [-0.4, -0.2) is 28.5 Å². The fourth-order valence-corrected chi connectivity index (χ4v) is 2.45. The number of hydrogen-bond donors (Lipinski definition) is 2. The molecule has 2 N–H and O–H groups in total. The highest BCUT2D eigenvalue weighted by molar-refractivity contribution is 5.88. The number of aryl methyl sites for hydroxylation is 1. The normalized spacial score (nSPS) is 18.6. The number of nitrogens with zero attached hydrogens (tertiary/aromatic N) is 3. The van der Waals surface area contributed by atoms with E-state index in [2.05, 4.69) is 56.6 Å². The van der Waals surface area contributed by atoms with Crippen molar-refractivity contribution in [2.24, 2.45) is 12.0 Å². The fraction of sp³-hybridized carbons (Fsp3) is 0.333. The maximum absolute atomic E-state index is 4.63. The molecule has 2 aromatic rings. The van der Waals surface area contributed by atoms with Crippen LogP contribution < -0.4 is 10.6 Å². The van der Waals surface area contributed by atoms with E-state index in [1.54, 1.807) is 6.20 Å². The van der Waals surface area contributed by atoms with Crippen molar-refractivity contribution in [3.63, 3.8) is 0 Å². The van der Waals surface area contributed by atoms with Gasteiger partial charge in [0.2, 0.25) is 0 Å². The number of amidine groups is 1. The van der Waals surface area contributed by atoms with Gasteiger partial charge in [-0.3, -0.25) is 9.98 Å². The van der Waals surface area contributed by atoms with E-state index in [1.807, 2.05) is 12.3 Å². The first-order valence-corrected chi connectivity index (χ1v) is 6.86. The summed E-state index contributed by atoms with van der Waals surface area (Å²) < 4.78 is 2.13. The third-order valence-corrected chi connectivity index (χ3v) is 3.49. The van der Waals surface area contributed by atoms with Crippen LogP contribution in [0.25, 0.3) is 0 Å². The van der Waals surface area contributed by atoms with E-state index in [9.17, 15) is 0 Å². The molecule has 3 rings (SSSR count). The summed E-state index contributed by atoms with van der Waals surface area (Å²) in [5.41, 5.74) is 2.38. The average molecular weight is 269 g/mol. The maximum Gasteiger partial charge on any atom is 0.120 e. The lowest BCUT2D eigenvalue weighted by Gasteiger charge is -2.26. The molecule has 3 heterocycles. The Hall–Kier alpha value is -2.14. The Morgan fingerprint density at radius 2 is 2.35 bits per heavy atom. The van der Waals surface area contributed by atoms with Crippen molar-refractivity contribution >= 4 is 5.84 Å². The van der Waals surface area contributed by atoms with E-state index in [0.717, 1.165) is 31.0 Å². The van der Waals surface area contributed by atoms with Gasteiger partial charge in [-0.1, -0.05) is 6.07 Å². The lowest BCUT2D eigenvalue weighted by atomic mass is 10.1. The zero-order valence-electron chi connectivity index (χ0n) is 11.6. The molecule has 104 valence electrons. The summed E-state index contributed by atoms with van der Waals surface area (Å²) in [6.45, 7) is 2.47. The van der Waals surface area contributed by atoms with Gasteiger partial charge in [-0.25, -0.2) is 0 Å². The summed E-state index contributed by atoms with van der Waals surface area (Å²) in [4.78, 5) is 8.76. The molecule has 2 aromatic heterocycles. The van der Waals surface area contributed by atoms with Crippen molar-refractivity contribution in [1.82, 2.24) is 20.2 Å². The summed E-state index contributed by atoms with van der Waals surface area (Å²) in [6.07, 6.45) is 5.72. The van der Waals surface area contributed by atoms with Crippen LogP contribution in [0.1, 0.15) is 17.3 Å². The van der Waals surface area contributed by atoms with Gasteiger partial charge in [0, 0.05) is 44.4 Å². The molecule has 0 aromatic carbocycles. The molecule has 0 fully saturated rings. The predicted molar refractivity (Wildman–Crippen MR) is 79.5 cm³/mol. The molecule has 0 saturated carbocycles. The monoisotopic (exact) mass is 269 g/mol. The highest BCUT2D eigenvalue weighted by Gasteiger charge is 2.22. The molecule has 1 atom stereocenters. The second-order valence-corrected chi connectivity index (χ2v) is 4.91. The Labute approximate surface area is 118 Å². The van der Waals surface area contributed by atoms with Gasteiger partial charge in [0.1, 0.15) is 11.9 Å². The molecule has 5 nitrogen and oxygen atoms in total. The number of hydrogen-bond acceptors (Lipinski definition) is 4. The van der Waals surface area contributed by atoms with Gasteiger partial charge < -0.3 is 15.2 Å². The third kappa shape index (κ3) is 2.72. The van der Waals surface area contributed by atoms with E-state index in [1.165, 1.54) is 5.69 Å². The van der Waals surface area contributed by atoms with Crippen molar-refractivity contribution in [2.45, 2.75) is 12.6 Å². The average Bonchev–Trinajstić information content (AvgIpc) is 2.92. The van der Waals surface area contributed by atoms with Gasteiger partial charge in [-0.15, -0.1) is 0 Å². The zero-order valence-corrected chi connectivity index (χ0v) is 11.6. The topological polar surface area (TPSA) is 54.2 Å². The van der Waals surface area contributed by atoms with Crippen LogP contribution in [0, 0.1) is 0 Å². The van der Waals surface area contributed by atoms with Crippen LogP contribution in [0.4, 0.5) is 0 Å². The SMILES string of the molecule is Cn1cccc1C1NCCN=C1NCc1cccnc1. The Balaban J connectivity index is 1.73. The van der Waals surface area contributed by atoms with Crippen molar-refractivity contribution in [3.05, 3.63) is 54.1 Å². The van der Waals surface area contributed by atoms with Crippen molar-refractivity contribution in [3.8, 4) is 0 Å². The largest absolute Gasteiger partial charge is 0.368 e. The summed E-state index contributed by atoms with van der Waals surface area (Å²) in [7, 11) is 2.06. The van der Waals surface area contributed by atoms with Crippen LogP contribution in [-0.2, 0) is 13.6 Å². The Morgan fingerprint density at radius 1 is 1.40 bits per heavy atom. The molecule has 0 saturated heterocycles. The fourth-order valence-electron chi connectivity index (χ4n) is 2.45. The standard InChI is InChI=1S/C15H19N5/c1-20-9-3-5-13(20)14-15(18-8-7-17-14)19-11-12-4-2-6-16-10-12/h2-6,9-10,14,17H,7-8,11H2,1H3,(H,18,19). The first kappa shape index (κ1) is 12.9. The van der Waals surface area contributed by atoms with E-state index < -0.39 is 0 Å². The highest BCUT2D eigenvalue weighted by Crippen LogP contribution is 2.16. The molecule has 0 amide bonds. The van der Waals surface area contributed by atoms with Crippen LogP contribution in [0.3, 0.4) is 0 Å². The number of nitrogens with one attached hydrogen (secondary N) is 2. The second-order valence-electron chi connectivity index (χ2n) is 4.91. The lowest BCUT2D eigenvalue weighted by Crippen LogP contribution is -2.43. The Bertz CT molecular complexity index is 587. The molecule has 0 bridgehead atoms. The summed E-state index contributed by atoms with van der Waals surface area (Å²) in [5.74, 6) is 1.00. The second kappa shape index (κ2) is 5.88.